The lowest BCUT2D eigenvalue weighted by atomic mass is 10.0. The van der Waals surface area contributed by atoms with Crippen molar-refractivity contribution in [1.29, 1.82) is 0 Å². The van der Waals surface area contributed by atoms with E-state index >= 15 is 0 Å². The van der Waals surface area contributed by atoms with Crippen molar-refractivity contribution in [2.75, 3.05) is 0 Å². The van der Waals surface area contributed by atoms with E-state index in [-0.39, 0.29) is 0 Å². The Morgan fingerprint density at radius 1 is 0.559 bits per heavy atom. The average molecular weight is 464 g/mol. The lowest BCUT2D eigenvalue weighted by Gasteiger charge is -2.39. The maximum Gasteiger partial charge on any atom is 0.163 e. The fourth-order valence-corrected chi connectivity index (χ4v) is 10.4. The molecule has 0 heterocycles. The molecule has 0 unspecified atom stereocenters. The van der Waals surface area contributed by atoms with Crippen molar-refractivity contribution >= 4 is 23.6 Å². The van der Waals surface area contributed by atoms with Crippen molar-refractivity contribution in [2.45, 2.75) is 66.2 Å². The molecular weight excluding hydrogens is 424 g/mol. The minimum Gasteiger partial charge on any atom is -0.0750 e. The van der Waals surface area contributed by atoms with Crippen LogP contribution in [0.15, 0.2) is 96.6 Å². The molecule has 0 fully saturated rings. The second-order valence-electron chi connectivity index (χ2n) is 10.7. The molecule has 175 valence electrons. The van der Waals surface area contributed by atoms with Gasteiger partial charge in [0.25, 0.3) is 0 Å². The van der Waals surface area contributed by atoms with Crippen LogP contribution in [0, 0.1) is 5.54 Å². The standard InChI is InChI=1S/C33H39Si/c1-23(2)27-13-9-16-30(20-27)34(33-19-8-12-26(33)7,31-17-10-14-28(21-31)24(3)4)32-18-11-15-29(22-32)25(5)6/h8-25H,1-7H3. The van der Waals surface area contributed by atoms with Crippen molar-refractivity contribution in [1.82, 2.24) is 0 Å². The van der Waals surface area contributed by atoms with E-state index in [0.29, 0.717) is 17.8 Å². The van der Waals surface area contributed by atoms with Crippen LogP contribution in [0.25, 0.3) is 0 Å². The largest absolute Gasteiger partial charge is 0.163 e. The Kier molecular flexibility index (Phi) is 7.14. The van der Waals surface area contributed by atoms with Gasteiger partial charge in [0, 0.05) is 5.54 Å². The summed E-state index contributed by atoms with van der Waals surface area (Å²) in [6, 6.07) is 28.4. The quantitative estimate of drug-likeness (QED) is 0.258. The maximum atomic E-state index is 2.51. The first kappa shape index (κ1) is 24.5. The summed E-state index contributed by atoms with van der Waals surface area (Å²) in [6.07, 6.45) is 6.94. The molecular formula is C33H39Si. The first-order chi connectivity index (χ1) is 16.2. The van der Waals surface area contributed by atoms with Gasteiger partial charge in [-0.15, -0.1) is 0 Å². The molecule has 0 spiro atoms. The molecule has 0 N–H and O–H groups in total. The van der Waals surface area contributed by atoms with E-state index in [1.54, 1.807) is 0 Å². The Balaban J connectivity index is 2.13. The highest BCUT2D eigenvalue weighted by atomic mass is 28.3. The van der Waals surface area contributed by atoms with E-state index in [1.165, 1.54) is 43.4 Å². The first-order valence-corrected chi connectivity index (χ1v) is 14.8. The van der Waals surface area contributed by atoms with E-state index in [4.69, 9.17) is 0 Å². The molecule has 0 amide bonds. The van der Waals surface area contributed by atoms with E-state index in [0.717, 1.165) is 0 Å². The van der Waals surface area contributed by atoms with Crippen molar-refractivity contribution in [3.63, 3.8) is 0 Å². The second kappa shape index (κ2) is 9.92. The van der Waals surface area contributed by atoms with Gasteiger partial charge in [-0.3, -0.25) is 0 Å². The summed E-state index contributed by atoms with van der Waals surface area (Å²) in [7, 11) is -2.52. The first-order valence-electron chi connectivity index (χ1n) is 12.8. The molecule has 34 heavy (non-hydrogen) atoms. The topological polar surface area (TPSA) is 0 Å². The zero-order valence-corrected chi connectivity index (χ0v) is 22.9. The predicted octanol–water partition coefficient (Wildman–Crippen LogP) is 7.16. The van der Waals surface area contributed by atoms with Gasteiger partial charge in [0.05, 0.1) is 0 Å². The molecule has 3 aromatic carbocycles. The maximum absolute atomic E-state index is 2.52. The van der Waals surface area contributed by atoms with Gasteiger partial charge in [0.15, 0.2) is 8.07 Å². The molecule has 0 atom stereocenters. The number of benzene rings is 3. The normalized spacial score (nSPS) is 14.5. The number of rotatable bonds is 7. The highest BCUT2D eigenvalue weighted by molar-refractivity contribution is 7.16. The monoisotopic (exact) mass is 463 g/mol. The van der Waals surface area contributed by atoms with Gasteiger partial charge < -0.3 is 0 Å². The summed E-state index contributed by atoms with van der Waals surface area (Å²) in [5, 5.41) is 4.44. The summed E-state index contributed by atoms with van der Waals surface area (Å²) < 4.78 is 0. The van der Waals surface area contributed by atoms with Crippen LogP contribution in [-0.4, -0.2) is 8.07 Å². The van der Waals surface area contributed by atoms with Gasteiger partial charge in [-0.05, 0) is 56.9 Å². The third-order valence-corrected chi connectivity index (χ3v) is 12.3. The predicted molar refractivity (Wildman–Crippen MR) is 152 cm³/mol. The fraction of sp³-hybridized carbons (Fsp3) is 0.303. The number of hydrogen-bond donors (Lipinski definition) is 0. The Hall–Kier alpha value is -2.64. The fourth-order valence-electron chi connectivity index (χ4n) is 5.29. The molecule has 4 rings (SSSR count). The lowest BCUT2D eigenvalue weighted by Crippen LogP contribution is -2.71. The van der Waals surface area contributed by atoms with Crippen LogP contribution < -0.4 is 15.6 Å². The zero-order valence-electron chi connectivity index (χ0n) is 21.9. The SMILES string of the molecule is CC1=CC=C[C]1[Si](c1cccc(C(C)C)c1)(c1cccc(C(C)C)c1)c1cccc(C(C)C)c1. The molecule has 0 bridgehead atoms. The average Bonchev–Trinajstić information content (AvgIpc) is 3.26. The summed E-state index contributed by atoms with van der Waals surface area (Å²) in [6.45, 7) is 16.1. The van der Waals surface area contributed by atoms with E-state index in [9.17, 15) is 0 Å². The highest BCUT2D eigenvalue weighted by Gasteiger charge is 2.47. The van der Waals surface area contributed by atoms with Crippen molar-refractivity contribution < 1.29 is 0 Å². The van der Waals surface area contributed by atoms with Crippen LogP contribution in [-0.2, 0) is 0 Å². The van der Waals surface area contributed by atoms with Crippen molar-refractivity contribution in [2.24, 2.45) is 0 Å². The second-order valence-corrected chi connectivity index (χ2v) is 14.5. The number of hydrogen-bond acceptors (Lipinski definition) is 0. The summed E-state index contributed by atoms with van der Waals surface area (Å²) in [4.78, 5) is 0. The summed E-state index contributed by atoms with van der Waals surface area (Å²) in [5.41, 5.74) is 7.15. The van der Waals surface area contributed by atoms with Gasteiger partial charge in [-0.1, -0.05) is 138 Å². The van der Waals surface area contributed by atoms with Crippen LogP contribution >= 0.6 is 0 Å². The van der Waals surface area contributed by atoms with Gasteiger partial charge in [0.2, 0.25) is 0 Å². The smallest absolute Gasteiger partial charge is 0.0750 e. The Morgan fingerprint density at radius 2 is 0.941 bits per heavy atom. The molecule has 1 aliphatic carbocycles. The molecule has 1 radical (unpaired) electrons. The third-order valence-electron chi connectivity index (χ3n) is 7.40. The lowest BCUT2D eigenvalue weighted by molar-refractivity contribution is 0.867. The van der Waals surface area contributed by atoms with Gasteiger partial charge in [0.1, 0.15) is 0 Å². The van der Waals surface area contributed by atoms with Crippen LogP contribution in [0.5, 0.6) is 0 Å². The minimum absolute atomic E-state index is 0.497. The molecule has 3 aromatic rings. The molecule has 0 saturated carbocycles. The zero-order chi connectivity index (χ0) is 24.5. The summed E-state index contributed by atoms with van der Waals surface area (Å²) in [5.74, 6) is 1.49. The molecule has 1 aliphatic rings. The Bertz CT molecular complexity index is 1080. The van der Waals surface area contributed by atoms with Crippen molar-refractivity contribution in [3.8, 4) is 0 Å². The van der Waals surface area contributed by atoms with Crippen molar-refractivity contribution in [3.05, 3.63) is 119 Å². The molecule has 0 saturated heterocycles. The molecule has 0 nitrogen and oxygen atoms in total. The van der Waals surface area contributed by atoms with Gasteiger partial charge >= 0.3 is 0 Å². The Labute approximate surface area is 208 Å². The van der Waals surface area contributed by atoms with E-state index in [2.05, 4.69) is 139 Å². The summed E-state index contributed by atoms with van der Waals surface area (Å²) >= 11 is 0. The van der Waals surface area contributed by atoms with E-state index < -0.39 is 8.07 Å². The highest BCUT2D eigenvalue weighted by Crippen LogP contribution is 2.33. The van der Waals surface area contributed by atoms with Gasteiger partial charge in [-0.2, -0.15) is 0 Å². The van der Waals surface area contributed by atoms with Crippen LogP contribution in [0.2, 0.25) is 0 Å². The van der Waals surface area contributed by atoms with Crippen LogP contribution in [0.1, 0.15) is 82.9 Å². The van der Waals surface area contributed by atoms with Gasteiger partial charge in [-0.25, -0.2) is 0 Å². The van der Waals surface area contributed by atoms with Crippen LogP contribution in [0.3, 0.4) is 0 Å². The van der Waals surface area contributed by atoms with Crippen LogP contribution in [0.4, 0.5) is 0 Å². The Morgan fingerprint density at radius 3 is 1.24 bits per heavy atom. The molecule has 0 aromatic heterocycles. The number of allylic oxidation sites excluding steroid dienone is 4. The molecule has 1 heteroatoms. The third kappa shape index (κ3) is 4.39. The van der Waals surface area contributed by atoms with E-state index in [1.807, 2.05) is 0 Å². The minimum atomic E-state index is -2.52. The molecule has 0 aliphatic heterocycles.